The molecule has 0 aliphatic heterocycles. The summed E-state index contributed by atoms with van der Waals surface area (Å²) in [5.74, 6) is 0.587. The molecule has 0 spiro atoms. The zero-order valence-corrected chi connectivity index (χ0v) is 15.3. The van der Waals surface area contributed by atoms with E-state index < -0.39 is 0 Å². The number of rotatable bonds is 6. The van der Waals surface area contributed by atoms with Crippen LogP contribution in [-0.2, 0) is 11.2 Å². The molecule has 0 saturated carbocycles. The summed E-state index contributed by atoms with van der Waals surface area (Å²) in [5.41, 5.74) is 2.91. The standard InChI is InChI=1S/C18H15N5OS2/c24-15(21-17-19-13-8-4-5-9-14(13)20-17)11-25-18-23-22-16(26-18)10-12-6-2-1-3-7-12/h1-9H,10-11H2,(H2,19,20,21,24). The third-order valence-electron chi connectivity index (χ3n) is 3.62. The van der Waals surface area contributed by atoms with Crippen molar-refractivity contribution in [1.82, 2.24) is 20.2 Å². The second-order valence-corrected chi connectivity index (χ2v) is 7.85. The van der Waals surface area contributed by atoms with Crippen LogP contribution in [0.1, 0.15) is 10.6 Å². The number of carbonyl (C=O) groups excluding carboxylic acids is 1. The first kappa shape index (κ1) is 16.7. The number of thioether (sulfide) groups is 1. The molecule has 0 saturated heterocycles. The third-order valence-corrected chi connectivity index (χ3v) is 5.68. The van der Waals surface area contributed by atoms with Crippen LogP contribution >= 0.6 is 23.1 Å². The zero-order valence-electron chi connectivity index (χ0n) is 13.7. The lowest BCUT2D eigenvalue weighted by Crippen LogP contribution is -2.14. The number of fused-ring (bicyclic) bond motifs is 1. The van der Waals surface area contributed by atoms with E-state index in [0.717, 1.165) is 26.8 Å². The maximum absolute atomic E-state index is 12.1. The Morgan fingerprint density at radius 3 is 2.73 bits per heavy atom. The molecule has 0 aliphatic rings. The van der Waals surface area contributed by atoms with E-state index in [0.29, 0.717) is 5.95 Å². The Bertz CT molecular complexity index is 995. The topological polar surface area (TPSA) is 83.6 Å². The van der Waals surface area contributed by atoms with Gasteiger partial charge in [0.25, 0.3) is 0 Å². The molecule has 4 aromatic rings. The molecule has 0 radical (unpaired) electrons. The molecule has 2 heterocycles. The normalized spacial score (nSPS) is 10.9. The fourth-order valence-corrected chi connectivity index (χ4v) is 4.18. The average Bonchev–Trinajstić information content (AvgIpc) is 3.27. The maximum atomic E-state index is 12.1. The molecular formula is C18H15N5OS2. The summed E-state index contributed by atoms with van der Waals surface area (Å²) in [6.45, 7) is 0. The highest BCUT2D eigenvalue weighted by molar-refractivity contribution is 8.01. The van der Waals surface area contributed by atoms with Crippen LogP contribution in [0.15, 0.2) is 58.9 Å². The summed E-state index contributed by atoms with van der Waals surface area (Å²) in [7, 11) is 0. The number of aromatic nitrogens is 4. The van der Waals surface area contributed by atoms with Crippen molar-refractivity contribution < 1.29 is 4.79 Å². The van der Waals surface area contributed by atoms with Crippen LogP contribution < -0.4 is 5.32 Å². The first-order valence-electron chi connectivity index (χ1n) is 8.00. The minimum atomic E-state index is -0.131. The summed E-state index contributed by atoms with van der Waals surface area (Å²) < 4.78 is 0.788. The highest BCUT2D eigenvalue weighted by Crippen LogP contribution is 2.24. The van der Waals surface area contributed by atoms with Crippen LogP contribution in [0.2, 0.25) is 0 Å². The van der Waals surface area contributed by atoms with E-state index in [9.17, 15) is 4.79 Å². The van der Waals surface area contributed by atoms with Gasteiger partial charge in [-0.1, -0.05) is 65.6 Å². The summed E-state index contributed by atoms with van der Waals surface area (Å²) >= 11 is 2.89. The highest BCUT2D eigenvalue weighted by atomic mass is 32.2. The van der Waals surface area contributed by atoms with Crippen LogP contribution in [-0.4, -0.2) is 31.8 Å². The second kappa shape index (κ2) is 7.67. The number of amides is 1. The smallest absolute Gasteiger partial charge is 0.237 e. The largest absolute Gasteiger partial charge is 0.324 e. The van der Waals surface area contributed by atoms with Crippen molar-refractivity contribution in [1.29, 1.82) is 0 Å². The maximum Gasteiger partial charge on any atom is 0.237 e. The van der Waals surface area contributed by atoms with Crippen molar-refractivity contribution in [3.8, 4) is 0 Å². The Morgan fingerprint density at radius 2 is 1.88 bits per heavy atom. The monoisotopic (exact) mass is 381 g/mol. The number of hydrogen-bond acceptors (Lipinski definition) is 6. The van der Waals surface area contributed by atoms with Gasteiger partial charge in [-0.05, 0) is 17.7 Å². The van der Waals surface area contributed by atoms with E-state index in [1.165, 1.54) is 28.7 Å². The van der Waals surface area contributed by atoms with Gasteiger partial charge in [0.1, 0.15) is 5.01 Å². The van der Waals surface area contributed by atoms with Crippen LogP contribution in [0.4, 0.5) is 5.95 Å². The van der Waals surface area contributed by atoms with E-state index in [1.807, 2.05) is 42.5 Å². The van der Waals surface area contributed by atoms with Gasteiger partial charge < -0.3 is 4.98 Å². The molecule has 6 nitrogen and oxygen atoms in total. The Kier molecular flexibility index (Phi) is 4.94. The van der Waals surface area contributed by atoms with Gasteiger partial charge >= 0.3 is 0 Å². The SMILES string of the molecule is O=C(CSc1nnc(Cc2ccccc2)s1)Nc1nc2ccccc2[nH]1. The first-order chi connectivity index (χ1) is 12.8. The lowest BCUT2D eigenvalue weighted by Gasteiger charge is -1.99. The molecule has 2 N–H and O–H groups in total. The molecule has 0 bridgehead atoms. The van der Waals surface area contributed by atoms with Gasteiger partial charge in [0.2, 0.25) is 11.9 Å². The van der Waals surface area contributed by atoms with Crippen LogP contribution in [0.25, 0.3) is 11.0 Å². The van der Waals surface area contributed by atoms with Crippen molar-refractivity contribution in [2.24, 2.45) is 0 Å². The van der Waals surface area contributed by atoms with E-state index in [4.69, 9.17) is 0 Å². The Hall–Kier alpha value is -2.71. The lowest BCUT2D eigenvalue weighted by atomic mass is 10.2. The van der Waals surface area contributed by atoms with Crippen molar-refractivity contribution in [2.45, 2.75) is 10.8 Å². The van der Waals surface area contributed by atoms with Crippen LogP contribution in [0.3, 0.4) is 0 Å². The molecular weight excluding hydrogens is 366 g/mol. The first-order valence-corrected chi connectivity index (χ1v) is 9.80. The predicted octanol–water partition coefficient (Wildman–Crippen LogP) is 3.74. The Balaban J connectivity index is 1.31. The number of nitrogens with zero attached hydrogens (tertiary/aromatic N) is 3. The fraction of sp³-hybridized carbons (Fsp3) is 0.111. The number of H-pyrrole nitrogens is 1. The molecule has 0 fully saturated rings. The van der Waals surface area contributed by atoms with Gasteiger partial charge in [0.05, 0.1) is 16.8 Å². The van der Waals surface area contributed by atoms with Crippen molar-refractivity contribution >= 4 is 46.0 Å². The molecule has 0 atom stereocenters. The molecule has 1 amide bonds. The summed E-state index contributed by atoms with van der Waals surface area (Å²) in [4.78, 5) is 19.5. The van der Waals surface area contributed by atoms with Crippen LogP contribution in [0, 0.1) is 0 Å². The van der Waals surface area contributed by atoms with E-state index >= 15 is 0 Å². The van der Waals surface area contributed by atoms with Gasteiger partial charge in [-0.3, -0.25) is 10.1 Å². The highest BCUT2D eigenvalue weighted by Gasteiger charge is 2.10. The number of anilines is 1. The van der Waals surface area contributed by atoms with Crippen LogP contribution in [0.5, 0.6) is 0 Å². The minimum absolute atomic E-state index is 0.131. The molecule has 8 heteroatoms. The Labute approximate surface area is 158 Å². The summed E-state index contributed by atoms with van der Waals surface area (Å²) in [5, 5.41) is 12.1. The lowest BCUT2D eigenvalue weighted by molar-refractivity contribution is -0.113. The molecule has 0 unspecified atom stereocenters. The molecule has 2 aromatic heterocycles. The number of imidazole rings is 1. The molecule has 130 valence electrons. The number of benzene rings is 2. The second-order valence-electron chi connectivity index (χ2n) is 5.56. The minimum Gasteiger partial charge on any atom is -0.324 e. The van der Waals surface area contributed by atoms with E-state index in [2.05, 4.69) is 37.6 Å². The van der Waals surface area contributed by atoms with Crippen molar-refractivity contribution in [3.05, 3.63) is 65.2 Å². The van der Waals surface area contributed by atoms with Crippen molar-refractivity contribution in [2.75, 3.05) is 11.1 Å². The predicted molar refractivity (Wildman–Crippen MR) is 105 cm³/mol. The molecule has 4 rings (SSSR count). The molecule has 26 heavy (non-hydrogen) atoms. The van der Waals surface area contributed by atoms with Gasteiger partial charge in [-0.25, -0.2) is 4.98 Å². The Morgan fingerprint density at radius 1 is 1.08 bits per heavy atom. The number of aromatic amines is 1. The molecule has 0 aliphatic carbocycles. The number of hydrogen-bond donors (Lipinski definition) is 2. The van der Waals surface area contributed by atoms with E-state index in [-0.39, 0.29) is 11.7 Å². The van der Waals surface area contributed by atoms with Crippen molar-refractivity contribution in [3.63, 3.8) is 0 Å². The fourth-order valence-electron chi connectivity index (χ4n) is 2.45. The van der Waals surface area contributed by atoms with Gasteiger partial charge in [-0.2, -0.15) is 0 Å². The van der Waals surface area contributed by atoms with Gasteiger partial charge in [0.15, 0.2) is 4.34 Å². The summed E-state index contributed by atoms with van der Waals surface area (Å²) in [6.07, 6.45) is 0.754. The average molecular weight is 381 g/mol. The van der Waals surface area contributed by atoms with Gasteiger partial charge in [-0.15, -0.1) is 10.2 Å². The number of para-hydroxylation sites is 2. The molecule has 2 aromatic carbocycles. The third kappa shape index (κ3) is 4.09. The quantitative estimate of drug-likeness (QED) is 0.497. The van der Waals surface area contributed by atoms with Gasteiger partial charge in [0, 0.05) is 6.42 Å². The zero-order chi connectivity index (χ0) is 17.8. The number of carbonyl (C=O) groups is 1. The number of nitrogens with one attached hydrogen (secondary N) is 2. The van der Waals surface area contributed by atoms with E-state index in [1.54, 1.807) is 0 Å². The summed E-state index contributed by atoms with van der Waals surface area (Å²) in [6, 6.07) is 17.8.